The molecule has 2 fully saturated rings. The van der Waals surface area contributed by atoms with Crippen LogP contribution in [0.2, 0.25) is 0 Å². The van der Waals surface area contributed by atoms with Crippen molar-refractivity contribution in [2.75, 3.05) is 26.2 Å². The van der Waals surface area contributed by atoms with Gasteiger partial charge in [0.1, 0.15) is 0 Å². The highest BCUT2D eigenvalue weighted by atomic mass is 15.2. The Labute approximate surface area is 114 Å². The van der Waals surface area contributed by atoms with Crippen LogP contribution in [0.4, 0.5) is 0 Å². The van der Waals surface area contributed by atoms with Crippen molar-refractivity contribution < 1.29 is 0 Å². The summed E-state index contributed by atoms with van der Waals surface area (Å²) in [5.74, 6) is 1.98. The van der Waals surface area contributed by atoms with Gasteiger partial charge in [0, 0.05) is 12.6 Å². The van der Waals surface area contributed by atoms with Crippen LogP contribution in [0.5, 0.6) is 0 Å². The molecule has 1 saturated heterocycles. The third kappa shape index (κ3) is 3.96. The molecule has 1 saturated carbocycles. The molecule has 0 aromatic heterocycles. The van der Waals surface area contributed by atoms with Gasteiger partial charge in [-0.25, -0.2) is 0 Å². The number of hydrogen-bond donors (Lipinski definition) is 1. The molecule has 0 atom stereocenters. The molecule has 0 bridgehead atoms. The van der Waals surface area contributed by atoms with E-state index in [0.29, 0.717) is 0 Å². The summed E-state index contributed by atoms with van der Waals surface area (Å²) in [5, 5.41) is 3.48. The Kier molecular flexibility index (Phi) is 5.97. The van der Waals surface area contributed by atoms with E-state index < -0.39 is 0 Å². The zero-order chi connectivity index (χ0) is 12.8. The standard InChI is InChI=1S/C16H32N2/c1-3-14-5-7-16(8-6-14)18(4-2)13-15-9-11-17-12-10-15/h14-17H,3-13H2,1-2H3. The molecule has 2 rings (SSSR count). The van der Waals surface area contributed by atoms with Crippen LogP contribution in [0.1, 0.15) is 58.8 Å². The molecule has 1 aliphatic carbocycles. The van der Waals surface area contributed by atoms with Gasteiger partial charge in [0.05, 0.1) is 0 Å². The third-order valence-electron chi connectivity index (χ3n) is 5.27. The van der Waals surface area contributed by atoms with E-state index in [0.717, 1.165) is 17.9 Å². The van der Waals surface area contributed by atoms with E-state index in [1.807, 2.05) is 0 Å². The van der Waals surface area contributed by atoms with Gasteiger partial charge >= 0.3 is 0 Å². The zero-order valence-corrected chi connectivity index (χ0v) is 12.5. The summed E-state index contributed by atoms with van der Waals surface area (Å²) in [5.41, 5.74) is 0. The lowest BCUT2D eigenvalue weighted by molar-refractivity contribution is 0.113. The van der Waals surface area contributed by atoms with Gasteiger partial charge in [-0.3, -0.25) is 0 Å². The molecule has 18 heavy (non-hydrogen) atoms. The van der Waals surface area contributed by atoms with Gasteiger partial charge in [-0.2, -0.15) is 0 Å². The van der Waals surface area contributed by atoms with E-state index >= 15 is 0 Å². The van der Waals surface area contributed by atoms with E-state index in [2.05, 4.69) is 24.1 Å². The van der Waals surface area contributed by atoms with E-state index in [4.69, 9.17) is 0 Å². The molecule has 1 N–H and O–H groups in total. The Morgan fingerprint density at radius 1 is 0.889 bits per heavy atom. The summed E-state index contributed by atoms with van der Waals surface area (Å²) in [6.45, 7) is 9.81. The van der Waals surface area contributed by atoms with Crippen molar-refractivity contribution in [1.82, 2.24) is 10.2 Å². The maximum Gasteiger partial charge on any atom is 0.00954 e. The first-order valence-corrected chi connectivity index (χ1v) is 8.28. The van der Waals surface area contributed by atoms with Crippen molar-refractivity contribution in [1.29, 1.82) is 0 Å². The Balaban J connectivity index is 1.77. The van der Waals surface area contributed by atoms with Gasteiger partial charge in [-0.1, -0.05) is 20.3 Å². The van der Waals surface area contributed by atoms with Crippen molar-refractivity contribution in [3.8, 4) is 0 Å². The normalized spacial score (nSPS) is 30.8. The van der Waals surface area contributed by atoms with E-state index in [9.17, 15) is 0 Å². The summed E-state index contributed by atoms with van der Waals surface area (Å²) in [4.78, 5) is 2.79. The first-order chi connectivity index (χ1) is 8.83. The predicted octanol–water partition coefficient (Wildman–Crippen LogP) is 3.28. The first-order valence-electron chi connectivity index (χ1n) is 8.28. The highest BCUT2D eigenvalue weighted by Gasteiger charge is 2.26. The number of rotatable bonds is 5. The van der Waals surface area contributed by atoms with Gasteiger partial charge in [-0.05, 0) is 70.0 Å². The van der Waals surface area contributed by atoms with Crippen LogP contribution in [0, 0.1) is 11.8 Å². The minimum atomic E-state index is 0.896. The molecule has 2 aliphatic rings. The Morgan fingerprint density at radius 2 is 1.56 bits per heavy atom. The number of nitrogens with zero attached hydrogens (tertiary/aromatic N) is 1. The van der Waals surface area contributed by atoms with Gasteiger partial charge < -0.3 is 10.2 Å². The Hall–Kier alpha value is -0.0800. The van der Waals surface area contributed by atoms with Crippen molar-refractivity contribution in [3.05, 3.63) is 0 Å². The molecule has 0 radical (unpaired) electrons. The van der Waals surface area contributed by atoms with Crippen LogP contribution >= 0.6 is 0 Å². The topological polar surface area (TPSA) is 15.3 Å². The molecule has 0 amide bonds. The van der Waals surface area contributed by atoms with Gasteiger partial charge in [0.2, 0.25) is 0 Å². The van der Waals surface area contributed by atoms with Crippen LogP contribution in [0.3, 0.4) is 0 Å². The molecule has 1 aliphatic heterocycles. The highest BCUT2D eigenvalue weighted by molar-refractivity contribution is 4.81. The lowest BCUT2D eigenvalue weighted by Gasteiger charge is -2.38. The van der Waals surface area contributed by atoms with Gasteiger partial charge in [0.15, 0.2) is 0 Å². The largest absolute Gasteiger partial charge is 0.317 e. The van der Waals surface area contributed by atoms with Crippen LogP contribution in [0.15, 0.2) is 0 Å². The molecule has 0 spiro atoms. The Bertz CT molecular complexity index is 215. The summed E-state index contributed by atoms with van der Waals surface area (Å²) in [7, 11) is 0. The SMILES string of the molecule is CCC1CCC(N(CC)CC2CCNCC2)CC1. The first kappa shape index (κ1) is 14.3. The maximum absolute atomic E-state index is 3.48. The molecule has 2 nitrogen and oxygen atoms in total. The van der Waals surface area contributed by atoms with Crippen LogP contribution < -0.4 is 5.32 Å². The van der Waals surface area contributed by atoms with E-state index in [1.165, 1.54) is 71.1 Å². The van der Waals surface area contributed by atoms with Crippen LogP contribution in [0.25, 0.3) is 0 Å². The van der Waals surface area contributed by atoms with Crippen molar-refractivity contribution >= 4 is 0 Å². The third-order valence-corrected chi connectivity index (χ3v) is 5.27. The van der Waals surface area contributed by atoms with Gasteiger partial charge in [-0.15, -0.1) is 0 Å². The second kappa shape index (κ2) is 7.49. The molecular weight excluding hydrogens is 220 g/mol. The summed E-state index contributed by atoms with van der Waals surface area (Å²) in [6.07, 6.45) is 10.0. The summed E-state index contributed by atoms with van der Waals surface area (Å²) in [6, 6.07) is 0.896. The van der Waals surface area contributed by atoms with Crippen LogP contribution in [-0.2, 0) is 0 Å². The van der Waals surface area contributed by atoms with Crippen molar-refractivity contribution in [2.24, 2.45) is 11.8 Å². The number of piperidine rings is 1. The summed E-state index contributed by atoms with van der Waals surface area (Å²) >= 11 is 0. The minimum Gasteiger partial charge on any atom is -0.317 e. The molecule has 2 heteroatoms. The fourth-order valence-corrected chi connectivity index (χ4v) is 3.85. The Morgan fingerprint density at radius 3 is 2.11 bits per heavy atom. The molecule has 0 unspecified atom stereocenters. The maximum atomic E-state index is 3.48. The second-order valence-electron chi connectivity index (χ2n) is 6.36. The lowest BCUT2D eigenvalue weighted by Crippen LogP contribution is -2.43. The fourth-order valence-electron chi connectivity index (χ4n) is 3.85. The lowest BCUT2D eigenvalue weighted by atomic mass is 9.83. The fraction of sp³-hybridized carbons (Fsp3) is 1.00. The van der Waals surface area contributed by atoms with Crippen molar-refractivity contribution in [2.45, 2.75) is 64.8 Å². The number of nitrogens with one attached hydrogen (secondary N) is 1. The van der Waals surface area contributed by atoms with E-state index in [-0.39, 0.29) is 0 Å². The smallest absolute Gasteiger partial charge is 0.00954 e. The number of hydrogen-bond acceptors (Lipinski definition) is 2. The molecular formula is C16H32N2. The quantitative estimate of drug-likeness (QED) is 0.808. The average molecular weight is 252 g/mol. The van der Waals surface area contributed by atoms with Crippen molar-refractivity contribution in [3.63, 3.8) is 0 Å². The molecule has 1 heterocycles. The average Bonchev–Trinajstić information content (AvgIpc) is 2.46. The summed E-state index contributed by atoms with van der Waals surface area (Å²) < 4.78 is 0. The molecule has 0 aromatic carbocycles. The highest BCUT2D eigenvalue weighted by Crippen LogP contribution is 2.30. The zero-order valence-electron chi connectivity index (χ0n) is 12.5. The van der Waals surface area contributed by atoms with E-state index in [1.54, 1.807) is 0 Å². The molecule has 106 valence electrons. The second-order valence-corrected chi connectivity index (χ2v) is 6.36. The molecule has 0 aromatic rings. The van der Waals surface area contributed by atoms with Gasteiger partial charge in [0.25, 0.3) is 0 Å². The monoisotopic (exact) mass is 252 g/mol. The predicted molar refractivity (Wildman–Crippen MR) is 78.9 cm³/mol. The minimum absolute atomic E-state index is 0.896. The van der Waals surface area contributed by atoms with Crippen LogP contribution in [-0.4, -0.2) is 37.1 Å².